The Hall–Kier alpha value is -0.280. The summed E-state index contributed by atoms with van der Waals surface area (Å²) in [4.78, 5) is 0. The van der Waals surface area contributed by atoms with Gasteiger partial charge in [-0.3, -0.25) is 0 Å². The minimum atomic E-state index is 0.0413. The van der Waals surface area contributed by atoms with Gasteiger partial charge in [0.05, 0.1) is 52.9 Å². The molecule has 0 aromatic rings. The molecule has 0 heterocycles. The number of rotatable bonds is 12. The molecule has 0 bridgehead atoms. The molecule has 2 N–H and O–H groups in total. The molecule has 0 amide bonds. The molecular weight excluding hydrogens is 280 g/mol. The van der Waals surface area contributed by atoms with E-state index in [0.717, 1.165) is 13.2 Å². The summed E-state index contributed by atoms with van der Waals surface area (Å²) in [5.41, 5.74) is 0. The molecule has 0 saturated heterocycles. The molecule has 0 saturated carbocycles. The first-order valence-corrected chi connectivity index (χ1v) is 7.17. The highest BCUT2D eigenvalue weighted by Crippen LogP contribution is 1.80. The summed E-state index contributed by atoms with van der Waals surface area (Å²) in [6.45, 7) is 8.43. The Kier molecular flexibility index (Phi) is 39.0. The van der Waals surface area contributed by atoms with Gasteiger partial charge in [-0.2, -0.15) is 0 Å². The lowest BCUT2D eigenvalue weighted by Crippen LogP contribution is -2.11. The van der Waals surface area contributed by atoms with Crippen molar-refractivity contribution in [3.63, 3.8) is 0 Å². The maximum absolute atomic E-state index is 8.36. The maximum atomic E-state index is 8.36. The third-order valence-corrected chi connectivity index (χ3v) is 1.62. The lowest BCUT2D eigenvalue weighted by molar-refractivity contribution is 0.00230. The summed E-state index contributed by atoms with van der Waals surface area (Å²) in [6, 6.07) is 0. The standard InChI is InChI=1S/C8H18O5.C4H10O.C2H6O/c9-1-3-11-5-7-13-8-6-12-4-2-10;1-3-5-4-2;1-3-2/h9-10H,1-8H2;3-4H2,1-2H3;1-2H3. The van der Waals surface area contributed by atoms with Gasteiger partial charge in [-0.05, 0) is 13.8 Å². The fourth-order valence-electron chi connectivity index (χ4n) is 0.875. The van der Waals surface area contributed by atoms with Crippen LogP contribution >= 0.6 is 0 Å². The van der Waals surface area contributed by atoms with Gasteiger partial charge in [-0.25, -0.2) is 0 Å². The van der Waals surface area contributed by atoms with Crippen LogP contribution < -0.4 is 0 Å². The van der Waals surface area contributed by atoms with Crippen molar-refractivity contribution in [2.24, 2.45) is 0 Å². The summed E-state index contributed by atoms with van der Waals surface area (Å²) in [5.74, 6) is 0. The van der Waals surface area contributed by atoms with Crippen LogP contribution in [0.2, 0.25) is 0 Å². The second kappa shape index (κ2) is 31.9. The van der Waals surface area contributed by atoms with Crippen LogP contribution in [0.5, 0.6) is 0 Å². The maximum Gasteiger partial charge on any atom is 0.0701 e. The van der Waals surface area contributed by atoms with Crippen molar-refractivity contribution < 1.29 is 33.9 Å². The molecule has 0 aliphatic rings. The van der Waals surface area contributed by atoms with E-state index in [1.165, 1.54) is 0 Å². The second-order valence-corrected chi connectivity index (χ2v) is 3.47. The van der Waals surface area contributed by atoms with Gasteiger partial charge < -0.3 is 33.9 Å². The third kappa shape index (κ3) is 45.1. The SMILES string of the molecule is CCOCC.COC.OCCOCCOCCOCCO. The van der Waals surface area contributed by atoms with E-state index >= 15 is 0 Å². The van der Waals surface area contributed by atoms with Crippen LogP contribution in [0, 0.1) is 0 Å². The number of ether oxygens (including phenoxy) is 5. The smallest absolute Gasteiger partial charge is 0.0701 e. The first-order valence-electron chi connectivity index (χ1n) is 7.17. The monoisotopic (exact) mass is 314 g/mol. The van der Waals surface area contributed by atoms with Crippen LogP contribution in [0.15, 0.2) is 0 Å². The summed E-state index contributed by atoms with van der Waals surface area (Å²) in [7, 11) is 3.25. The molecule has 0 fully saturated rings. The first kappa shape index (κ1) is 25.7. The molecule has 0 atom stereocenters. The summed E-state index contributed by atoms with van der Waals surface area (Å²) >= 11 is 0. The Bertz CT molecular complexity index is 124. The van der Waals surface area contributed by atoms with Gasteiger partial charge in [0.25, 0.3) is 0 Å². The van der Waals surface area contributed by atoms with E-state index in [1.807, 2.05) is 13.8 Å². The zero-order valence-corrected chi connectivity index (χ0v) is 14.0. The molecule has 0 unspecified atom stereocenters. The van der Waals surface area contributed by atoms with Crippen LogP contribution in [0.4, 0.5) is 0 Å². The molecule has 7 heteroatoms. The van der Waals surface area contributed by atoms with Crippen LogP contribution in [0.1, 0.15) is 13.8 Å². The average molecular weight is 314 g/mol. The fourth-order valence-corrected chi connectivity index (χ4v) is 0.875. The molecule has 0 aromatic heterocycles. The molecule has 132 valence electrons. The molecule has 21 heavy (non-hydrogen) atoms. The summed E-state index contributed by atoms with van der Waals surface area (Å²) in [5, 5.41) is 16.7. The van der Waals surface area contributed by atoms with Gasteiger partial charge in [-0.15, -0.1) is 0 Å². The molecule has 0 rings (SSSR count). The molecule has 0 spiro atoms. The number of aliphatic hydroxyl groups excluding tert-OH is 2. The Labute approximate surface area is 129 Å². The van der Waals surface area contributed by atoms with Gasteiger partial charge in [-0.1, -0.05) is 0 Å². The predicted molar refractivity (Wildman–Crippen MR) is 81.7 cm³/mol. The zero-order valence-electron chi connectivity index (χ0n) is 14.0. The van der Waals surface area contributed by atoms with E-state index in [2.05, 4.69) is 4.74 Å². The van der Waals surface area contributed by atoms with Crippen molar-refractivity contribution >= 4 is 0 Å². The van der Waals surface area contributed by atoms with Crippen molar-refractivity contribution in [1.29, 1.82) is 0 Å². The van der Waals surface area contributed by atoms with Gasteiger partial charge in [0.1, 0.15) is 0 Å². The van der Waals surface area contributed by atoms with E-state index < -0.39 is 0 Å². The number of hydrogen-bond acceptors (Lipinski definition) is 7. The predicted octanol–water partition coefficient (Wildman–Crippen LogP) is 0.326. The largest absolute Gasteiger partial charge is 0.394 e. The van der Waals surface area contributed by atoms with Crippen molar-refractivity contribution in [1.82, 2.24) is 0 Å². The minimum Gasteiger partial charge on any atom is -0.394 e. The van der Waals surface area contributed by atoms with E-state index in [0.29, 0.717) is 39.6 Å². The molecule has 0 aliphatic heterocycles. The molecule has 0 aliphatic carbocycles. The van der Waals surface area contributed by atoms with Crippen LogP contribution in [0.3, 0.4) is 0 Å². The van der Waals surface area contributed by atoms with Crippen molar-refractivity contribution in [3.05, 3.63) is 0 Å². The van der Waals surface area contributed by atoms with E-state index in [4.69, 9.17) is 29.2 Å². The van der Waals surface area contributed by atoms with Crippen molar-refractivity contribution in [2.75, 3.05) is 80.3 Å². The Morgan fingerprint density at radius 2 is 0.857 bits per heavy atom. The van der Waals surface area contributed by atoms with E-state index in [1.54, 1.807) is 14.2 Å². The molecule has 0 aromatic carbocycles. The molecule has 7 nitrogen and oxygen atoms in total. The zero-order chi connectivity index (χ0) is 16.6. The highest BCUT2D eigenvalue weighted by Gasteiger charge is 1.89. The average Bonchev–Trinajstić information content (AvgIpc) is 2.48. The van der Waals surface area contributed by atoms with Crippen LogP contribution in [0.25, 0.3) is 0 Å². The number of methoxy groups -OCH3 is 1. The minimum absolute atomic E-state index is 0.0413. The van der Waals surface area contributed by atoms with Crippen LogP contribution in [-0.4, -0.2) is 90.5 Å². The number of aliphatic hydroxyl groups is 2. The highest BCUT2D eigenvalue weighted by molar-refractivity contribution is 4.33. The Morgan fingerprint density at radius 3 is 1.05 bits per heavy atom. The van der Waals surface area contributed by atoms with Crippen molar-refractivity contribution in [2.45, 2.75) is 13.8 Å². The van der Waals surface area contributed by atoms with Gasteiger partial charge >= 0.3 is 0 Å². The normalized spacial score (nSPS) is 9.43. The second-order valence-electron chi connectivity index (χ2n) is 3.47. The Balaban J connectivity index is -0.000000335. The molecular formula is C14H34O7. The summed E-state index contributed by atoms with van der Waals surface area (Å²) in [6.07, 6.45) is 0. The van der Waals surface area contributed by atoms with Gasteiger partial charge in [0.15, 0.2) is 0 Å². The summed E-state index contributed by atoms with van der Waals surface area (Å²) < 4.78 is 24.1. The topological polar surface area (TPSA) is 86.6 Å². The lowest BCUT2D eigenvalue weighted by Gasteiger charge is -2.04. The number of hydrogen-bond donors (Lipinski definition) is 2. The molecule has 0 radical (unpaired) electrons. The van der Waals surface area contributed by atoms with Crippen LogP contribution in [-0.2, 0) is 23.7 Å². The fraction of sp³-hybridized carbons (Fsp3) is 1.00. The van der Waals surface area contributed by atoms with E-state index in [-0.39, 0.29) is 13.2 Å². The van der Waals surface area contributed by atoms with Gasteiger partial charge in [0.2, 0.25) is 0 Å². The lowest BCUT2D eigenvalue weighted by atomic mass is 10.7. The van der Waals surface area contributed by atoms with Crippen molar-refractivity contribution in [3.8, 4) is 0 Å². The first-order chi connectivity index (χ1) is 10.2. The highest BCUT2D eigenvalue weighted by atomic mass is 16.5. The quantitative estimate of drug-likeness (QED) is 0.502. The third-order valence-electron chi connectivity index (χ3n) is 1.62. The van der Waals surface area contributed by atoms with E-state index in [9.17, 15) is 0 Å². The van der Waals surface area contributed by atoms with Gasteiger partial charge in [0, 0.05) is 27.4 Å². The Morgan fingerprint density at radius 1 is 0.571 bits per heavy atom.